The summed E-state index contributed by atoms with van der Waals surface area (Å²) in [6.45, 7) is 0. The van der Waals surface area contributed by atoms with Gasteiger partial charge >= 0.3 is 0 Å². The molecule has 0 unspecified atom stereocenters. The number of nitrogen functional groups attached to an aromatic ring is 1. The van der Waals surface area contributed by atoms with Gasteiger partial charge in [0.15, 0.2) is 0 Å². The van der Waals surface area contributed by atoms with Crippen molar-refractivity contribution in [1.29, 1.82) is 0 Å². The normalized spacial score (nSPS) is 10.4. The van der Waals surface area contributed by atoms with E-state index in [1.54, 1.807) is 12.1 Å². The molecule has 0 aromatic heterocycles. The smallest absolute Gasteiger partial charge is 0.139 e. The minimum Gasteiger partial charge on any atom is -0.506 e. The van der Waals surface area contributed by atoms with Gasteiger partial charge in [0, 0.05) is 10.6 Å². The third kappa shape index (κ3) is 1.95. The van der Waals surface area contributed by atoms with E-state index >= 15 is 0 Å². The Hall–Kier alpha value is -1.74. The number of anilines is 1. The summed E-state index contributed by atoms with van der Waals surface area (Å²) in [6, 6.07) is 8.74. The van der Waals surface area contributed by atoms with E-state index in [2.05, 4.69) is 0 Å². The molecule has 4 heteroatoms. The molecular weight excluding hydrogens is 229 g/mol. The molecule has 0 saturated heterocycles. The highest BCUT2D eigenvalue weighted by molar-refractivity contribution is 6.33. The molecule has 0 atom stereocenters. The summed E-state index contributed by atoms with van der Waals surface area (Å²) in [6.07, 6.45) is 0. The van der Waals surface area contributed by atoms with Crippen LogP contribution in [0.25, 0.3) is 11.1 Å². The number of halogens is 2. The molecule has 82 valence electrons. The number of aromatic hydroxyl groups is 1. The average molecular weight is 238 g/mol. The first-order valence-corrected chi connectivity index (χ1v) is 4.99. The minimum atomic E-state index is -0.379. The van der Waals surface area contributed by atoms with Crippen LogP contribution in [0, 0.1) is 5.82 Å². The lowest BCUT2D eigenvalue weighted by atomic mass is 10.0. The Bertz CT molecular complexity index is 543. The molecule has 0 aliphatic carbocycles. The average Bonchev–Trinajstić information content (AvgIpc) is 2.26. The van der Waals surface area contributed by atoms with Crippen LogP contribution in [0.4, 0.5) is 10.1 Å². The third-order valence-corrected chi connectivity index (χ3v) is 2.60. The Morgan fingerprint density at radius 2 is 1.88 bits per heavy atom. The maximum Gasteiger partial charge on any atom is 0.139 e. The van der Waals surface area contributed by atoms with Gasteiger partial charge in [0.05, 0.1) is 5.69 Å². The minimum absolute atomic E-state index is 0.0437. The number of benzene rings is 2. The van der Waals surface area contributed by atoms with Gasteiger partial charge in [0.2, 0.25) is 0 Å². The summed E-state index contributed by atoms with van der Waals surface area (Å²) in [4.78, 5) is 0. The second-order valence-corrected chi connectivity index (χ2v) is 3.80. The third-order valence-electron chi connectivity index (χ3n) is 2.27. The fourth-order valence-electron chi connectivity index (χ4n) is 1.43. The van der Waals surface area contributed by atoms with Crippen molar-refractivity contribution in [3.05, 3.63) is 47.2 Å². The van der Waals surface area contributed by atoms with Gasteiger partial charge in [-0.25, -0.2) is 4.39 Å². The maximum absolute atomic E-state index is 13.1. The zero-order valence-electron chi connectivity index (χ0n) is 8.24. The Morgan fingerprint density at radius 3 is 2.56 bits per heavy atom. The van der Waals surface area contributed by atoms with Crippen molar-refractivity contribution in [3.63, 3.8) is 0 Å². The van der Waals surface area contributed by atoms with Gasteiger partial charge in [0.25, 0.3) is 0 Å². The van der Waals surface area contributed by atoms with Crippen molar-refractivity contribution in [1.82, 2.24) is 0 Å². The predicted octanol–water partition coefficient (Wildman–Crippen LogP) is 3.43. The fourth-order valence-corrected chi connectivity index (χ4v) is 1.66. The number of phenolic OH excluding ortho intramolecular Hbond substituents is 1. The number of hydrogen-bond donors (Lipinski definition) is 2. The van der Waals surface area contributed by atoms with Gasteiger partial charge in [-0.1, -0.05) is 17.7 Å². The second-order valence-electron chi connectivity index (χ2n) is 3.40. The molecule has 0 fully saturated rings. The molecule has 2 aromatic carbocycles. The van der Waals surface area contributed by atoms with Crippen LogP contribution in [0.1, 0.15) is 0 Å². The number of rotatable bonds is 1. The van der Waals surface area contributed by atoms with Crippen molar-refractivity contribution < 1.29 is 9.50 Å². The Morgan fingerprint density at radius 1 is 1.12 bits per heavy atom. The number of nitrogens with two attached hydrogens (primary N) is 1. The summed E-state index contributed by atoms with van der Waals surface area (Å²) in [5.41, 5.74) is 6.90. The fraction of sp³-hybridized carbons (Fsp3) is 0. The molecule has 0 aliphatic rings. The molecule has 0 radical (unpaired) electrons. The summed E-state index contributed by atoms with van der Waals surface area (Å²) < 4.78 is 13.1. The van der Waals surface area contributed by atoms with Gasteiger partial charge in [-0.2, -0.15) is 0 Å². The first kappa shape index (κ1) is 10.8. The standard InChI is InChI=1S/C12H9ClFNO/c13-10-3-2-8(14)6-9(10)7-1-4-11(15)12(16)5-7/h1-6,16H,15H2. The lowest BCUT2D eigenvalue weighted by molar-refractivity contribution is 0.478. The zero-order valence-corrected chi connectivity index (χ0v) is 9.00. The molecule has 0 bridgehead atoms. The lowest BCUT2D eigenvalue weighted by Gasteiger charge is -2.06. The van der Waals surface area contributed by atoms with Crippen LogP contribution in [-0.2, 0) is 0 Å². The molecule has 0 heterocycles. The molecule has 2 aromatic rings. The van der Waals surface area contributed by atoms with E-state index in [1.807, 2.05) is 0 Å². The second kappa shape index (κ2) is 4.02. The highest BCUT2D eigenvalue weighted by Gasteiger charge is 2.07. The van der Waals surface area contributed by atoms with E-state index in [-0.39, 0.29) is 17.3 Å². The van der Waals surface area contributed by atoms with Crippen LogP contribution in [0.15, 0.2) is 36.4 Å². The van der Waals surface area contributed by atoms with E-state index < -0.39 is 0 Å². The predicted molar refractivity (Wildman–Crippen MR) is 62.9 cm³/mol. The molecule has 0 aliphatic heterocycles. The summed E-state index contributed by atoms with van der Waals surface area (Å²) in [5.74, 6) is -0.423. The first-order chi connectivity index (χ1) is 7.58. The zero-order chi connectivity index (χ0) is 11.7. The van der Waals surface area contributed by atoms with Crippen LogP contribution in [0.3, 0.4) is 0 Å². The maximum atomic E-state index is 13.1. The van der Waals surface area contributed by atoms with E-state index in [4.69, 9.17) is 17.3 Å². The first-order valence-electron chi connectivity index (χ1n) is 4.62. The monoisotopic (exact) mass is 237 g/mol. The highest BCUT2D eigenvalue weighted by Crippen LogP contribution is 2.32. The van der Waals surface area contributed by atoms with Crippen LogP contribution < -0.4 is 5.73 Å². The van der Waals surface area contributed by atoms with Crippen LogP contribution >= 0.6 is 11.6 Å². The summed E-state index contributed by atoms with van der Waals surface area (Å²) >= 11 is 5.94. The molecule has 0 spiro atoms. The molecule has 0 amide bonds. The van der Waals surface area contributed by atoms with Gasteiger partial charge in [-0.05, 0) is 35.9 Å². The van der Waals surface area contributed by atoms with E-state index in [0.29, 0.717) is 16.1 Å². The van der Waals surface area contributed by atoms with Crippen molar-refractivity contribution in [3.8, 4) is 16.9 Å². The van der Waals surface area contributed by atoms with Gasteiger partial charge in [-0.3, -0.25) is 0 Å². The van der Waals surface area contributed by atoms with Gasteiger partial charge < -0.3 is 10.8 Å². The van der Waals surface area contributed by atoms with Crippen LogP contribution in [0.2, 0.25) is 5.02 Å². The SMILES string of the molecule is Nc1ccc(-c2cc(F)ccc2Cl)cc1O. The Kier molecular flexibility index (Phi) is 2.71. The van der Waals surface area contributed by atoms with E-state index in [9.17, 15) is 9.50 Å². The molecule has 2 nitrogen and oxygen atoms in total. The van der Waals surface area contributed by atoms with E-state index in [1.165, 1.54) is 24.3 Å². The molecule has 0 saturated carbocycles. The van der Waals surface area contributed by atoms with Gasteiger partial charge in [-0.15, -0.1) is 0 Å². The van der Waals surface area contributed by atoms with Crippen molar-refractivity contribution in [2.45, 2.75) is 0 Å². The highest BCUT2D eigenvalue weighted by atomic mass is 35.5. The number of phenols is 1. The molecule has 16 heavy (non-hydrogen) atoms. The largest absolute Gasteiger partial charge is 0.506 e. The van der Waals surface area contributed by atoms with Gasteiger partial charge in [0.1, 0.15) is 11.6 Å². The molecular formula is C12H9ClFNO. The topological polar surface area (TPSA) is 46.2 Å². The van der Waals surface area contributed by atoms with Crippen LogP contribution in [-0.4, -0.2) is 5.11 Å². The quantitative estimate of drug-likeness (QED) is 0.590. The number of hydrogen-bond acceptors (Lipinski definition) is 2. The molecule has 2 rings (SSSR count). The van der Waals surface area contributed by atoms with Crippen molar-refractivity contribution in [2.24, 2.45) is 0 Å². The molecule has 3 N–H and O–H groups in total. The van der Waals surface area contributed by atoms with E-state index in [0.717, 1.165) is 0 Å². The Labute approximate surface area is 97.1 Å². The summed E-state index contributed by atoms with van der Waals surface area (Å²) in [5, 5.41) is 9.88. The summed E-state index contributed by atoms with van der Waals surface area (Å²) in [7, 11) is 0. The van der Waals surface area contributed by atoms with Crippen LogP contribution in [0.5, 0.6) is 5.75 Å². The Balaban J connectivity index is 2.58. The van der Waals surface area contributed by atoms with Crippen molar-refractivity contribution >= 4 is 17.3 Å². The lowest BCUT2D eigenvalue weighted by Crippen LogP contribution is -1.87. The van der Waals surface area contributed by atoms with Crippen molar-refractivity contribution in [2.75, 3.05) is 5.73 Å².